The lowest BCUT2D eigenvalue weighted by molar-refractivity contribution is -0.141. The summed E-state index contributed by atoms with van der Waals surface area (Å²) >= 11 is 0. The summed E-state index contributed by atoms with van der Waals surface area (Å²) < 4.78 is 5.41. The number of carbonyl (C=O) groups excluding carboxylic acids is 3. The van der Waals surface area contributed by atoms with E-state index in [1.54, 1.807) is 35.4 Å². The number of pyridine rings is 1. The van der Waals surface area contributed by atoms with Gasteiger partial charge in [0.15, 0.2) is 0 Å². The van der Waals surface area contributed by atoms with E-state index in [0.717, 1.165) is 16.3 Å². The number of nitrogen functional groups attached to an aromatic ring is 1. The first-order valence-corrected chi connectivity index (χ1v) is 11.5. The lowest BCUT2D eigenvalue weighted by Gasteiger charge is -2.29. The number of anilines is 1. The fourth-order valence-corrected chi connectivity index (χ4v) is 4.52. The van der Waals surface area contributed by atoms with Gasteiger partial charge >= 0.3 is 0 Å². The Balaban J connectivity index is 1.49. The number of benzene rings is 2. The quantitative estimate of drug-likeness (QED) is 0.481. The largest absolute Gasteiger partial charge is 0.496 e. The van der Waals surface area contributed by atoms with Crippen molar-refractivity contribution in [1.82, 2.24) is 20.5 Å². The number of aromatic nitrogens is 1. The molecule has 1 saturated heterocycles. The summed E-state index contributed by atoms with van der Waals surface area (Å²) in [6.07, 6.45) is 2.90. The molecule has 182 valence electrons. The molecule has 1 aliphatic heterocycles. The van der Waals surface area contributed by atoms with E-state index in [9.17, 15) is 14.4 Å². The molecule has 0 aliphatic carbocycles. The van der Waals surface area contributed by atoms with Crippen LogP contribution in [0.1, 0.15) is 36.9 Å². The van der Waals surface area contributed by atoms with Crippen LogP contribution in [0, 0.1) is 0 Å². The monoisotopic (exact) mass is 475 g/mol. The van der Waals surface area contributed by atoms with Gasteiger partial charge in [0, 0.05) is 37.2 Å². The number of hydrogen-bond acceptors (Lipinski definition) is 6. The van der Waals surface area contributed by atoms with Gasteiger partial charge in [-0.25, -0.2) is 4.98 Å². The second kappa shape index (κ2) is 10.4. The predicted molar refractivity (Wildman–Crippen MR) is 132 cm³/mol. The molecule has 1 aromatic heterocycles. The molecule has 3 amide bonds. The van der Waals surface area contributed by atoms with Crippen LogP contribution in [0.2, 0.25) is 0 Å². The van der Waals surface area contributed by atoms with E-state index in [1.165, 1.54) is 14.0 Å². The molecule has 1 aliphatic rings. The summed E-state index contributed by atoms with van der Waals surface area (Å²) in [4.78, 5) is 44.2. The molecule has 4 rings (SSSR count). The Kier molecular flexibility index (Phi) is 7.14. The fourth-order valence-electron chi connectivity index (χ4n) is 4.52. The van der Waals surface area contributed by atoms with Crippen molar-refractivity contribution in [2.75, 3.05) is 19.4 Å². The number of amides is 3. The second-order valence-electron chi connectivity index (χ2n) is 8.53. The van der Waals surface area contributed by atoms with Gasteiger partial charge in [-0.2, -0.15) is 0 Å². The fraction of sp³-hybridized carbons (Fsp3) is 0.308. The third-order valence-corrected chi connectivity index (χ3v) is 6.21. The van der Waals surface area contributed by atoms with Gasteiger partial charge in [0.2, 0.25) is 11.8 Å². The third-order valence-electron chi connectivity index (χ3n) is 6.21. The van der Waals surface area contributed by atoms with Gasteiger partial charge in [-0.1, -0.05) is 30.3 Å². The number of hydrogen-bond donors (Lipinski definition) is 3. The standard InChI is InChI=1S/C26H29N5O4/c1-16(32)30-23(20-6-3-4-8-22(20)35-2)26(34)31-13-5-7-21(31)25(33)29-15-17-9-10-19-18(14-17)11-12-28-24(19)27/h3-4,6,8-12,14,21,23H,5,7,13,15H2,1-2H3,(H2,27,28)(H,29,33)(H,30,32)/t21-,23?/m0/s1. The number of likely N-dealkylation sites (tertiary alicyclic amines) is 1. The minimum absolute atomic E-state index is 0.230. The summed E-state index contributed by atoms with van der Waals surface area (Å²) in [5.74, 6) is 0.0401. The molecule has 4 N–H and O–H groups in total. The van der Waals surface area contributed by atoms with Crippen molar-refractivity contribution in [3.63, 3.8) is 0 Å². The molecule has 1 unspecified atom stereocenters. The Hall–Kier alpha value is -4.14. The first-order valence-electron chi connectivity index (χ1n) is 11.5. The molecule has 3 aromatic rings. The molecule has 9 nitrogen and oxygen atoms in total. The van der Waals surface area contributed by atoms with Gasteiger partial charge in [0.05, 0.1) is 7.11 Å². The maximum atomic E-state index is 13.6. The number of ether oxygens (including phenoxy) is 1. The number of rotatable bonds is 7. The Morgan fingerprint density at radius 2 is 2.00 bits per heavy atom. The summed E-state index contributed by atoms with van der Waals surface area (Å²) in [5.41, 5.74) is 7.38. The van der Waals surface area contributed by atoms with Crippen LogP contribution in [-0.4, -0.2) is 47.3 Å². The molecule has 0 bridgehead atoms. The zero-order chi connectivity index (χ0) is 24.9. The molecular formula is C26H29N5O4. The van der Waals surface area contributed by atoms with E-state index < -0.39 is 12.1 Å². The van der Waals surface area contributed by atoms with Crippen molar-refractivity contribution >= 4 is 34.3 Å². The van der Waals surface area contributed by atoms with E-state index in [0.29, 0.717) is 43.1 Å². The minimum atomic E-state index is -0.948. The van der Waals surface area contributed by atoms with E-state index >= 15 is 0 Å². The molecule has 0 radical (unpaired) electrons. The van der Waals surface area contributed by atoms with Gasteiger partial charge in [0.25, 0.3) is 5.91 Å². The van der Waals surface area contributed by atoms with Crippen LogP contribution < -0.4 is 21.1 Å². The zero-order valence-corrected chi connectivity index (χ0v) is 19.8. The van der Waals surface area contributed by atoms with E-state index in [-0.39, 0.29) is 17.7 Å². The van der Waals surface area contributed by atoms with Crippen molar-refractivity contribution in [2.24, 2.45) is 0 Å². The SMILES string of the molecule is COc1ccccc1C(NC(C)=O)C(=O)N1CCC[C@H]1C(=O)NCc1ccc2c(N)nccc2c1. The molecule has 2 atom stereocenters. The van der Waals surface area contributed by atoms with Crippen molar-refractivity contribution in [2.45, 2.75) is 38.4 Å². The summed E-state index contributed by atoms with van der Waals surface area (Å²) in [7, 11) is 1.51. The number of methoxy groups -OCH3 is 1. The Morgan fingerprint density at radius 1 is 1.20 bits per heavy atom. The van der Waals surface area contributed by atoms with Gasteiger partial charge in [-0.3, -0.25) is 14.4 Å². The van der Waals surface area contributed by atoms with Crippen LogP contribution in [0.15, 0.2) is 54.7 Å². The highest BCUT2D eigenvalue weighted by atomic mass is 16.5. The van der Waals surface area contributed by atoms with Gasteiger partial charge < -0.3 is 26.0 Å². The normalized spacial score (nSPS) is 16.1. The highest BCUT2D eigenvalue weighted by Crippen LogP contribution is 2.29. The number of para-hydroxylation sites is 1. The van der Waals surface area contributed by atoms with Gasteiger partial charge in [-0.15, -0.1) is 0 Å². The highest BCUT2D eigenvalue weighted by molar-refractivity contribution is 5.94. The van der Waals surface area contributed by atoms with E-state index in [2.05, 4.69) is 15.6 Å². The zero-order valence-electron chi connectivity index (χ0n) is 19.8. The Labute approximate surface area is 203 Å². The van der Waals surface area contributed by atoms with Crippen LogP contribution in [0.5, 0.6) is 5.75 Å². The second-order valence-corrected chi connectivity index (χ2v) is 8.53. The molecule has 2 aromatic carbocycles. The number of nitrogens with zero attached hydrogens (tertiary/aromatic N) is 2. The molecule has 0 saturated carbocycles. The average Bonchev–Trinajstić information content (AvgIpc) is 3.35. The minimum Gasteiger partial charge on any atom is -0.496 e. The lowest BCUT2D eigenvalue weighted by Crippen LogP contribution is -2.49. The number of nitrogens with one attached hydrogen (secondary N) is 2. The number of carbonyl (C=O) groups is 3. The topological polar surface area (TPSA) is 127 Å². The third kappa shape index (κ3) is 5.18. The van der Waals surface area contributed by atoms with Crippen LogP contribution in [0.25, 0.3) is 10.8 Å². The maximum absolute atomic E-state index is 13.6. The number of fused-ring (bicyclic) bond motifs is 1. The van der Waals surface area contributed by atoms with Crippen molar-refractivity contribution < 1.29 is 19.1 Å². The van der Waals surface area contributed by atoms with Crippen LogP contribution >= 0.6 is 0 Å². The van der Waals surface area contributed by atoms with Crippen LogP contribution in [-0.2, 0) is 20.9 Å². The molecule has 2 heterocycles. The first kappa shape index (κ1) is 24.0. The Morgan fingerprint density at radius 3 is 2.77 bits per heavy atom. The molecular weight excluding hydrogens is 446 g/mol. The van der Waals surface area contributed by atoms with Crippen molar-refractivity contribution in [3.05, 3.63) is 65.9 Å². The summed E-state index contributed by atoms with van der Waals surface area (Å²) in [6, 6.07) is 13.1. The van der Waals surface area contributed by atoms with Gasteiger partial charge in [0.1, 0.15) is 23.7 Å². The molecule has 35 heavy (non-hydrogen) atoms. The molecule has 0 spiro atoms. The van der Waals surface area contributed by atoms with Gasteiger partial charge in [-0.05, 0) is 42.0 Å². The van der Waals surface area contributed by atoms with Crippen molar-refractivity contribution in [3.8, 4) is 5.75 Å². The highest BCUT2D eigenvalue weighted by Gasteiger charge is 2.38. The van der Waals surface area contributed by atoms with Crippen molar-refractivity contribution in [1.29, 1.82) is 0 Å². The summed E-state index contributed by atoms with van der Waals surface area (Å²) in [5, 5.41) is 7.48. The average molecular weight is 476 g/mol. The smallest absolute Gasteiger partial charge is 0.250 e. The number of nitrogens with two attached hydrogens (primary N) is 1. The van der Waals surface area contributed by atoms with Crippen LogP contribution in [0.4, 0.5) is 5.82 Å². The first-order chi connectivity index (χ1) is 16.9. The Bertz CT molecular complexity index is 1260. The van der Waals surface area contributed by atoms with Crippen LogP contribution in [0.3, 0.4) is 0 Å². The summed E-state index contributed by atoms with van der Waals surface area (Å²) in [6.45, 7) is 2.11. The maximum Gasteiger partial charge on any atom is 0.250 e. The molecule has 9 heteroatoms. The lowest BCUT2D eigenvalue weighted by atomic mass is 10.0. The predicted octanol–water partition coefficient (Wildman–Crippen LogP) is 2.31. The van der Waals surface area contributed by atoms with E-state index in [4.69, 9.17) is 10.5 Å². The molecule has 1 fully saturated rings. The van der Waals surface area contributed by atoms with E-state index in [1.807, 2.05) is 24.3 Å².